The number of aliphatic carboxylic acids is 1. The number of hydrogen-bond acceptors (Lipinski definition) is 2. The molecule has 0 saturated carbocycles. The molecular formula is C16H24N2O3. The molecule has 3 N–H and O–H groups in total. The number of para-hydroxylation sites is 1. The Morgan fingerprint density at radius 3 is 2.29 bits per heavy atom. The maximum atomic E-state index is 12.0. The van der Waals surface area contributed by atoms with E-state index in [0.29, 0.717) is 12.1 Å². The number of anilines is 1. The van der Waals surface area contributed by atoms with E-state index >= 15 is 0 Å². The van der Waals surface area contributed by atoms with Gasteiger partial charge in [0.05, 0.1) is 0 Å². The van der Waals surface area contributed by atoms with Crippen molar-refractivity contribution in [1.29, 1.82) is 0 Å². The number of carboxylic acids is 1. The number of carbonyl (C=O) groups is 2. The average molecular weight is 292 g/mol. The standard InChI is InChI=1S/C16H24N2O3/c1-10(2)9-14(15(19)20)18-16(21)17-13-8-6-5-7-12(13)11(3)4/h5-8,10-11,14H,9H2,1-4H3,(H,19,20)(H2,17,18,21)/t14-/m1/s1. The summed E-state index contributed by atoms with van der Waals surface area (Å²) in [5.41, 5.74) is 1.72. The molecule has 0 aromatic heterocycles. The zero-order valence-electron chi connectivity index (χ0n) is 13.0. The van der Waals surface area contributed by atoms with Crippen LogP contribution in [-0.4, -0.2) is 23.1 Å². The van der Waals surface area contributed by atoms with Gasteiger partial charge in [0.1, 0.15) is 6.04 Å². The second-order valence-electron chi connectivity index (χ2n) is 5.86. The maximum Gasteiger partial charge on any atom is 0.326 e. The van der Waals surface area contributed by atoms with Crippen LogP contribution in [0.5, 0.6) is 0 Å². The predicted molar refractivity (Wildman–Crippen MR) is 83.6 cm³/mol. The summed E-state index contributed by atoms with van der Waals surface area (Å²) in [5.74, 6) is -0.558. The van der Waals surface area contributed by atoms with Gasteiger partial charge in [0.15, 0.2) is 0 Å². The minimum Gasteiger partial charge on any atom is -0.480 e. The lowest BCUT2D eigenvalue weighted by Gasteiger charge is -2.18. The first-order valence-electron chi connectivity index (χ1n) is 7.20. The van der Waals surface area contributed by atoms with Crippen molar-refractivity contribution in [2.45, 2.75) is 46.1 Å². The van der Waals surface area contributed by atoms with E-state index in [2.05, 4.69) is 10.6 Å². The van der Waals surface area contributed by atoms with Gasteiger partial charge in [0, 0.05) is 5.69 Å². The summed E-state index contributed by atoms with van der Waals surface area (Å²) in [6, 6.07) is 6.14. The van der Waals surface area contributed by atoms with Crippen LogP contribution in [0.3, 0.4) is 0 Å². The molecular weight excluding hydrogens is 268 g/mol. The largest absolute Gasteiger partial charge is 0.480 e. The summed E-state index contributed by atoms with van der Waals surface area (Å²) in [5, 5.41) is 14.4. The van der Waals surface area contributed by atoms with Gasteiger partial charge < -0.3 is 15.7 Å². The number of rotatable bonds is 6. The average Bonchev–Trinajstić information content (AvgIpc) is 2.37. The summed E-state index contributed by atoms with van der Waals surface area (Å²) in [6.45, 7) is 7.92. The lowest BCUT2D eigenvalue weighted by molar-refractivity contribution is -0.139. The Hall–Kier alpha value is -2.04. The molecule has 0 aliphatic heterocycles. The van der Waals surface area contributed by atoms with Crippen molar-refractivity contribution in [3.63, 3.8) is 0 Å². The Morgan fingerprint density at radius 1 is 1.14 bits per heavy atom. The van der Waals surface area contributed by atoms with Crippen molar-refractivity contribution >= 4 is 17.7 Å². The smallest absolute Gasteiger partial charge is 0.326 e. The van der Waals surface area contributed by atoms with E-state index < -0.39 is 18.0 Å². The molecule has 0 radical (unpaired) electrons. The number of amides is 2. The first kappa shape index (κ1) is 17.0. The van der Waals surface area contributed by atoms with Crippen LogP contribution in [0.4, 0.5) is 10.5 Å². The quantitative estimate of drug-likeness (QED) is 0.751. The number of nitrogens with one attached hydrogen (secondary N) is 2. The molecule has 0 unspecified atom stereocenters. The molecule has 0 aliphatic carbocycles. The highest BCUT2D eigenvalue weighted by Crippen LogP contribution is 2.23. The number of hydrogen-bond donors (Lipinski definition) is 3. The van der Waals surface area contributed by atoms with Crippen LogP contribution in [0.25, 0.3) is 0 Å². The second-order valence-corrected chi connectivity index (χ2v) is 5.86. The molecule has 0 bridgehead atoms. The van der Waals surface area contributed by atoms with Crippen LogP contribution in [0.15, 0.2) is 24.3 Å². The summed E-state index contributed by atoms with van der Waals surface area (Å²) >= 11 is 0. The van der Waals surface area contributed by atoms with Gasteiger partial charge in [-0.05, 0) is 29.9 Å². The monoisotopic (exact) mass is 292 g/mol. The highest BCUT2D eigenvalue weighted by Gasteiger charge is 2.21. The van der Waals surface area contributed by atoms with Gasteiger partial charge in [0.2, 0.25) is 0 Å². The second kappa shape index (κ2) is 7.67. The molecule has 5 heteroatoms. The highest BCUT2D eigenvalue weighted by atomic mass is 16.4. The van der Waals surface area contributed by atoms with Crippen molar-refractivity contribution in [2.75, 3.05) is 5.32 Å². The maximum absolute atomic E-state index is 12.0. The highest BCUT2D eigenvalue weighted by molar-refractivity contribution is 5.93. The molecule has 2 amide bonds. The van der Waals surface area contributed by atoms with E-state index in [4.69, 9.17) is 5.11 Å². The molecule has 0 heterocycles. The van der Waals surface area contributed by atoms with E-state index in [-0.39, 0.29) is 11.8 Å². The van der Waals surface area contributed by atoms with Crippen LogP contribution in [0.2, 0.25) is 0 Å². The molecule has 1 atom stereocenters. The third kappa shape index (κ3) is 5.45. The van der Waals surface area contributed by atoms with Gasteiger partial charge in [-0.25, -0.2) is 9.59 Å². The van der Waals surface area contributed by atoms with Crippen molar-refractivity contribution in [3.05, 3.63) is 29.8 Å². The van der Waals surface area contributed by atoms with Crippen LogP contribution in [0.1, 0.15) is 45.6 Å². The minimum absolute atomic E-state index is 0.189. The summed E-state index contributed by atoms with van der Waals surface area (Å²) in [4.78, 5) is 23.2. The lowest BCUT2D eigenvalue weighted by atomic mass is 10.0. The van der Waals surface area contributed by atoms with E-state index in [1.165, 1.54) is 0 Å². The minimum atomic E-state index is -1.02. The molecule has 5 nitrogen and oxygen atoms in total. The van der Waals surface area contributed by atoms with Crippen LogP contribution in [0, 0.1) is 5.92 Å². The lowest BCUT2D eigenvalue weighted by Crippen LogP contribution is -2.43. The van der Waals surface area contributed by atoms with E-state index in [1.807, 2.05) is 52.0 Å². The van der Waals surface area contributed by atoms with Crippen molar-refractivity contribution in [1.82, 2.24) is 5.32 Å². The fraction of sp³-hybridized carbons (Fsp3) is 0.500. The van der Waals surface area contributed by atoms with Gasteiger partial charge in [-0.2, -0.15) is 0 Å². The molecule has 0 fully saturated rings. The fourth-order valence-electron chi connectivity index (χ4n) is 2.12. The SMILES string of the molecule is CC(C)C[C@@H](NC(=O)Nc1ccccc1C(C)C)C(=O)O. The molecule has 116 valence electrons. The van der Waals surface area contributed by atoms with Crippen LogP contribution in [-0.2, 0) is 4.79 Å². The fourth-order valence-corrected chi connectivity index (χ4v) is 2.12. The number of benzene rings is 1. The van der Waals surface area contributed by atoms with Gasteiger partial charge in [-0.3, -0.25) is 0 Å². The number of carbonyl (C=O) groups excluding carboxylic acids is 1. The van der Waals surface area contributed by atoms with Gasteiger partial charge >= 0.3 is 12.0 Å². The molecule has 1 rings (SSSR count). The Kier molecular flexibility index (Phi) is 6.21. The molecule has 1 aromatic carbocycles. The first-order chi connectivity index (χ1) is 9.81. The normalized spacial score (nSPS) is 12.3. The summed E-state index contributed by atoms with van der Waals surface area (Å²) in [6.07, 6.45) is 0.397. The van der Waals surface area contributed by atoms with Crippen LogP contribution < -0.4 is 10.6 Å². The Morgan fingerprint density at radius 2 is 1.76 bits per heavy atom. The van der Waals surface area contributed by atoms with E-state index in [0.717, 1.165) is 5.56 Å². The predicted octanol–water partition coefficient (Wildman–Crippen LogP) is 3.43. The zero-order valence-corrected chi connectivity index (χ0v) is 13.0. The Balaban J connectivity index is 2.75. The van der Waals surface area contributed by atoms with Crippen molar-refractivity contribution < 1.29 is 14.7 Å². The topological polar surface area (TPSA) is 78.4 Å². The zero-order chi connectivity index (χ0) is 16.0. The third-order valence-corrected chi connectivity index (χ3v) is 3.14. The van der Waals surface area contributed by atoms with Crippen LogP contribution >= 0.6 is 0 Å². The van der Waals surface area contributed by atoms with E-state index in [1.54, 1.807) is 0 Å². The van der Waals surface area contributed by atoms with E-state index in [9.17, 15) is 9.59 Å². The first-order valence-corrected chi connectivity index (χ1v) is 7.20. The van der Waals surface area contributed by atoms with Gasteiger partial charge in [-0.1, -0.05) is 45.9 Å². The Labute approximate surface area is 125 Å². The molecule has 0 saturated heterocycles. The Bertz CT molecular complexity index is 498. The van der Waals surface area contributed by atoms with Crippen molar-refractivity contribution in [3.8, 4) is 0 Å². The number of urea groups is 1. The van der Waals surface area contributed by atoms with Gasteiger partial charge in [0.25, 0.3) is 0 Å². The molecule has 0 aliphatic rings. The third-order valence-electron chi connectivity index (χ3n) is 3.14. The summed E-state index contributed by atoms with van der Waals surface area (Å²) < 4.78 is 0. The molecule has 0 spiro atoms. The molecule has 21 heavy (non-hydrogen) atoms. The number of carboxylic acid groups (broad SMARTS) is 1. The van der Waals surface area contributed by atoms with Gasteiger partial charge in [-0.15, -0.1) is 0 Å². The summed E-state index contributed by atoms with van der Waals surface area (Å²) in [7, 11) is 0. The molecule has 1 aromatic rings. The van der Waals surface area contributed by atoms with Crippen molar-refractivity contribution in [2.24, 2.45) is 5.92 Å².